The third-order valence-electron chi connectivity index (χ3n) is 0.712. The van der Waals surface area contributed by atoms with E-state index in [0.29, 0.717) is 0 Å². The summed E-state index contributed by atoms with van der Waals surface area (Å²) in [5.41, 5.74) is 0. The highest BCUT2D eigenvalue weighted by molar-refractivity contribution is 9.12. The molecule has 0 spiro atoms. The van der Waals surface area contributed by atoms with E-state index in [0.717, 1.165) is 0 Å². The van der Waals surface area contributed by atoms with Crippen LogP contribution in [0.2, 0.25) is 0 Å². The standard InChI is InChI=1S/C4H3BrO3/c5-2-1-3(6)8-4(2)7/h1,3,6H. The summed E-state index contributed by atoms with van der Waals surface area (Å²) in [6, 6.07) is 0. The number of halogens is 1. The zero-order chi connectivity index (χ0) is 6.15. The predicted octanol–water partition coefficient (Wildman–Crippen LogP) is 0.140. The number of carbonyl (C=O) groups is 1. The summed E-state index contributed by atoms with van der Waals surface area (Å²) in [6.07, 6.45) is 0.222. The molecule has 8 heavy (non-hydrogen) atoms. The molecule has 0 radical (unpaired) electrons. The van der Waals surface area contributed by atoms with Gasteiger partial charge in [0.05, 0.1) is 0 Å². The third-order valence-corrected chi connectivity index (χ3v) is 1.30. The van der Waals surface area contributed by atoms with Crippen molar-refractivity contribution < 1.29 is 14.6 Å². The van der Waals surface area contributed by atoms with E-state index in [1.807, 2.05) is 0 Å². The molecule has 0 aromatic rings. The smallest absolute Gasteiger partial charge is 0.347 e. The van der Waals surface area contributed by atoms with Gasteiger partial charge >= 0.3 is 5.97 Å². The molecule has 0 bridgehead atoms. The number of esters is 1. The number of carbonyl (C=O) groups excluding carboxylic acids is 1. The molecule has 0 aliphatic carbocycles. The minimum Gasteiger partial charge on any atom is -0.428 e. The van der Waals surface area contributed by atoms with Gasteiger partial charge in [0.15, 0.2) is 0 Å². The average molecular weight is 179 g/mol. The highest BCUT2D eigenvalue weighted by atomic mass is 79.9. The molecular weight excluding hydrogens is 176 g/mol. The van der Waals surface area contributed by atoms with Crippen LogP contribution in [0.15, 0.2) is 10.6 Å². The lowest BCUT2D eigenvalue weighted by Crippen LogP contribution is -2.04. The summed E-state index contributed by atoms with van der Waals surface area (Å²) in [4.78, 5) is 10.3. The van der Waals surface area contributed by atoms with Crippen molar-refractivity contribution in [3.63, 3.8) is 0 Å². The lowest BCUT2D eigenvalue weighted by molar-refractivity contribution is -0.150. The highest BCUT2D eigenvalue weighted by Gasteiger charge is 2.20. The predicted molar refractivity (Wildman–Crippen MR) is 29.1 cm³/mol. The van der Waals surface area contributed by atoms with Crippen molar-refractivity contribution in [1.82, 2.24) is 0 Å². The van der Waals surface area contributed by atoms with Gasteiger partial charge in [0.25, 0.3) is 0 Å². The van der Waals surface area contributed by atoms with Crippen molar-refractivity contribution in [1.29, 1.82) is 0 Å². The van der Waals surface area contributed by atoms with Crippen LogP contribution in [0.5, 0.6) is 0 Å². The van der Waals surface area contributed by atoms with Crippen molar-refractivity contribution in [3.05, 3.63) is 10.6 Å². The Balaban J connectivity index is 2.73. The van der Waals surface area contributed by atoms with Gasteiger partial charge in [0.2, 0.25) is 6.29 Å². The van der Waals surface area contributed by atoms with Gasteiger partial charge in [0.1, 0.15) is 4.48 Å². The van der Waals surface area contributed by atoms with E-state index in [1.54, 1.807) is 0 Å². The number of aliphatic hydroxyl groups excluding tert-OH is 1. The summed E-state index contributed by atoms with van der Waals surface area (Å²) in [6.45, 7) is 0. The van der Waals surface area contributed by atoms with E-state index in [2.05, 4.69) is 20.7 Å². The molecule has 0 saturated carbocycles. The van der Waals surface area contributed by atoms with Crippen molar-refractivity contribution >= 4 is 21.9 Å². The van der Waals surface area contributed by atoms with Gasteiger partial charge < -0.3 is 9.84 Å². The topological polar surface area (TPSA) is 46.5 Å². The first kappa shape index (κ1) is 5.78. The molecule has 4 heteroatoms. The molecule has 1 unspecified atom stereocenters. The molecule has 0 aromatic carbocycles. The first-order valence-electron chi connectivity index (χ1n) is 1.96. The number of rotatable bonds is 0. The molecule has 44 valence electrons. The quantitative estimate of drug-likeness (QED) is 0.538. The normalized spacial score (nSPS) is 27.5. The fourth-order valence-electron chi connectivity index (χ4n) is 0.393. The van der Waals surface area contributed by atoms with Crippen LogP contribution in [0.3, 0.4) is 0 Å². The Bertz CT molecular complexity index is 151. The second-order valence-electron chi connectivity index (χ2n) is 1.31. The van der Waals surface area contributed by atoms with Crippen LogP contribution in [0, 0.1) is 0 Å². The monoisotopic (exact) mass is 178 g/mol. The van der Waals surface area contributed by atoms with E-state index in [1.165, 1.54) is 6.08 Å². The Labute approximate surface area is 54.1 Å². The van der Waals surface area contributed by atoms with Gasteiger partial charge in [-0.3, -0.25) is 0 Å². The molecule has 1 aliphatic rings. The maximum absolute atomic E-state index is 10.3. The van der Waals surface area contributed by atoms with Crippen molar-refractivity contribution in [2.75, 3.05) is 0 Å². The molecule has 0 saturated heterocycles. The number of hydrogen-bond acceptors (Lipinski definition) is 3. The van der Waals surface area contributed by atoms with Crippen molar-refractivity contribution in [2.24, 2.45) is 0 Å². The van der Waals surface area contributed by atoms with Crippen LogP contribution < -0.4 is 0 Å². The average Bonchev–Trinajstić information content (AvgIpc) is 1.85. The first-order chi connectivity index (χ1) is 3.70. The van der Waals surface area contributed by atoms with Crippen molar-refractivity contribution in [3.8, 4) is 0 Å². The van der Waals surface area contributed by atoms with Crippen molar-refractivity contribution in [2.45, 2.75) is 6.29 Å². The van der Waals surface area contributed by atoms with Crippen LogP contribution in [0.25, 0.3) is 0 Å². The Morgan fingerprint density at radius 2 is 2.50 bits per heavy atom. The van der Waals surface area contributed by atoms with Gasteiger partial charge in [-0.25, -0.2) is 4.79 Å². The summed E-state index contributed by atoms with van der Waals surface area (Å²) >= 11 is 2.87. The molecule has 1 heterocycles. The molecule has 1 N–H and O–H groups in total. The third kappa shape index (κ3) is 0.900. The second kappa shape index (κ2) is 1.87. The van der Waals surface area contributed by atoms with E-state index in [-0.39, 0.29) is 4.48 Å². The summed E-state index contributed by atoms with van der Waals surface area (Å²) in [5, 5.41) is 8.52. The maximum atomic E-state index is 10.3. The zero-order valence-electron chi connectivity index (χ0n) is 3.80. The molecule has 0 fully saturated rings. The summed E-state index contributed by atoms with van der Waals surface area (Å²) in [5.74, 6) is -0.516. The number of aliphatic hydroxyl groups is 1. The number of cyclic esters (lactones) is 1. The Hall–Kier alpha value is -0.350. The maximum Gasteiger partial charge on any atom is 0.347 e. The fourth-order valence-corrected chi connectivity index (χ4v) is 0.713. The van der Waals surface area contributed by atoms with E-state index in [4.69, 9.17) is 5.11 Å². The Morgan fingerprint density at radius 1 is 1.88 bits per heavy atom. The first-order valence-corrected chi connectivity index (χ1v) is 2.76. The Kier molecular flexibility index (Phi) is 1.35. The minimum atomic E-state index is -1.06. The highest BCUT2D eigenvalue weighted by Crippen LogP contribution is 2.16. The SMILES string of the molecule is O=C1OC(O)C=C1Br. The summed E-state index contributed by atoms with van der Waals surface area (Å²) in [7, 11) is 0. The van der Waals surface area contributed by atoms with E-state index in [9.17, 15) is 4.79 Å². The number of hydrogen-bond donors (Lipinski definition) is 1. The lowest BCUT2D eigenvalue weighted by Gasteiger charge is -1.94. The van der Waals surface area contributed by atoms with Gasteiger partial charge in [0, 0.05) is 6.08 Å². The van der Waals surface area contributed by atoms with Gasteiger partial charge in [-0.1, -0.05) is 0 Å². The minimum absolute atomic E-state index is 0.282. The van der Waals surface area contributed by atoms with Gasteiger partial charge in [-0.05, 0) is 15.9 Å². The zero-order valence-corrected chi connectivity index (χ0v) is 5.38. The Morgan fingerprint density at radius 3 is 2.62 bits per heavy atom. The van der Waals surface area contributed by atoms with E-state index < -0.39 is 12.3 Å². The van der Waals surface area contributed by atoms with Crippen LogP contribution in [0.1, 0.15) is 0 Å². The lowest BCUT2D eigenvalue weighted by atomic mass is 10.5. The molecular formula is C4H3BrO3. The van der Waals surface area contributed by atoms with Crippen LogP contribution in [-0.4, -0.2) is 17.4 Å². The molecule has 1 aliphatic heterocycles. The van der Waals surface area contributed by atoms with Gasteiger partial charge in [-0.2, -0.15) is 0 Å². The molecule has 0 aromatic heterocycles. The fraction of sp³-hybridized carbons (Fsp3) is 0.250. The second-order valence-corrected chi connectivity index (χ2v) is 2.16. The molecule has 3 nitrogen and oxygen atoms in total. The van der Waals surface area contributed by atoms with Crippen LogP contribution in [-0.2, 0) is 9.53 Å². The summed E-state index contributed by atoms with van der Waals surface area (Å²) < 4.78 is 4.53. The van der Waals surface area contributed by atoms with Crippen LogP contribution >= 0.6 is 15.9 Å². The number of ether oxygens (including phenoxy) is 1. The molecule has 1 rings (SSSR count). The van der Waals surface area contributed by atoms with Crippen LogP contribution in [0.4, 0.5) is 0 Å². The van der Waals surface area contributed by atoms with Gasteiger partial charge in [-0.15, -0.1) is 0 Å². The molecule has 1 atom stereocenters. The molecule has 0 amide bonds. The largest absolute Gasteiger partial charge is 0.428 e. The van der Waals surface area contributed by atoms with E-state index >= 15 is 0 Å².